The minimum absolute atomic E-state index is 0.0176. The quantitative estimate of drug-likeness (QED) is 0.568. The predicted molar refractivity (Wildman–Crippen MR) is 111 cm³/mol. The van der Waals surface area contributed by atoms with E-state index in [-0.39, 0.29) is 5.69 Å². The number of nitro benzene ring substituents is 1. The largest absolute Gasteiger partial charge is 0.366 e. The average Bonchev–Trinajstić information content (AvgIpc) is 2.75. The second kappa shape index (κ2) is 8.73. The van der Waals surface area contributed by atoms with Gasteiger partial charge in [-0.2, -0.15) is 0 Å². The fourth-order valence-electron chi connectivity index (χ4n) is 4.40. The van der Waals surface area contributed by atoms with E-state index in [1.807, 2.05) is 29.3 Å². The maximum atomic E-state index is 13.7. The lowest BCUT2D eigenvalue weighted by Gasteiger charge is -2.40. The lowest BCUT2D eigenvalue weighted by atomic mass is 9.96. The number of rotatable bonds is 5. The smallest absolute Gasteiger partial charge is 0.292 e. The van der Waals surface area contributed by atoms with E-state index < -0.39 is 10.7 Å². The lowest BCUT2D eigenvalue weighted by molar-refractivity contribution is -0.384. The Morgan fingerprint density at radius 1 is 1.10 bits per heavy atom. The van der Waals surface area contributed by atoms with Crippen LogP contribution in [0.4, 0.5) is 21.6 Å². The Morgan fingerprint density at radius 3 is 2.66 bits per heavy atom. The normalized spacial score (nSPS) is 20.7. The van der Waals surface area contributed by atoms with Gasteiger partial charge in [0.15, 0.2) is 0 Å². The van der Waals surface area contributed by atoms with E-state index in [1.165, 1.54) is 12.1 Å². The van der Waals surface area contributed by atoms with Crippen LogP contribution in [-0.2, 0) is 0 Å². The third kappa shape index (κ3) is 4.64. The summed E-state index contributed by atoms with van der Waals surface area (Å²) >= 11 is 0. The molecule has 0 amide bonds. The molecule has 154 valence electrons. The molecule has 0 radical (unpaired) electrons. The van der Waals surface area contributed by atoms with Crippen LogP contribution in [0.1, 0.15) is 12.8 Å². The number of halogens is 1. The molecule has 2 aliphatic heterocycles. The van der Waals surface area contributed by atoms with Gasteiger partial charge in [0.05, 0.1) is 4.92 Å². The standard InChI is InChI=1S/C21H26FN5O2/c22-18-6-7-19(27(28)29)20(14-18)26-9-3-4-17(16-26)15-24-10-12-25(13-11-24)21-5-1-2-8-23-21/h1-2,5-8,14,17H,3-4,9-13,15-16H2. The minimum Gasteiger partial charge on any atom is -0.366 e. The van der Waals surface area contributed by atoms with Gasteiger partial charge in [0, 0.05) is 64.1 Å². The van der Waals surface area contributed by atoms with E-state index in [2.05, 4.69) is 14.8 Å². The lowest BCUT2D eigenvalue weighted by Crippen LogP contribution is -2.50. The third-order valence-corrected chi connectivity index (χ3v) is 5.86. The van der Waals surface area contributed by atoms with Crippen molar-refractivity contribution in [2.24, 2.45) is 5.92 Å². The molecule has 2 aliphatic rings. The van der Waals surface area contributed by atoms with Crippen molar-refractivity contribution in [2.45, 2.75) is 12.8 Å². The monoisotopic (exact) mass is 399 g/mol. The number of hydrogen-bond acceptors (Lipinski definition) is 6. The van der Waals surface area contributed by atoms with Gasteiger partial charge in [0.2, 0.25) is 0 Å². The summed E-state index contributed by atoms with van der Waals surface area (Å²) in [6.45, 7) is 6.28. The first-order chi connectivity index (χ1) is 14.1. The van der Waals surface area contributed by atoms with Crippen molar-refractivity contribution >= 4 is 17.2 Å². The summed E-state index contributed by atoms with van der Waals surface area (Å²) in [6, 6.07) is 9.70. The molecular formula is C21H26FN5O2. The molecule has 8 heteroatoms. The van der Waals surface area contributed by atoms with Gasteiger partial charge >= 0.3 is 0 Å². The van der Waals surface area contributed by atoms with Gasteiger partial charge < -0.3 is 9.80 Å². The highest BCUT2D eigenvalue weighted by atomic mass is 19.1. The van der Waals surface area contributed by atoms with Crippen molar-refractivity contribution in [3.63, 3.8) is 0 Å². The zero-order valence-electron chi connectivity index (χ0n) is 16.4. The Morgan fingerprint density at radius 2 is 1.93 bits per heavy atom. The first-order valence-electron chi connectivity index (χ1n) is 10.2. The van der Waals surface area contributed by atoms with Gasteiger partial charge in [-0.3, -0.25) is 15.0 Å². The summed E-state index contributed by atoms with van der Waals surface area (Å²) in [5, 5.41) is 11.4. The van der Waals surface area contributed by atoms with E-state index in [1.54, 1.807) is 0 Å². The summed E-state index contributed by atoms with van der Waals surface area (Å²) in [7, 11) is 0. The molecule has 2 saturated heterocycles. The molecular weight excluding hydrogens is 373 g/mol. The van der Waals surface area contributed by atoms with Crippen molar-refractivity contribution in [3.05, 3.63) is 58.5 Å². The number of piperazine rings is 1. The Kier molecular flexibility index (Phi) is 5.89. The highest BCUT2D eigenvalue weighted by Crippen LogP contribution is 2.32. The van der Waals surface area contributed by atoms with Crippen LogP contribution in [0.15, 0.2) is 42.6 Å². The summed E-state index contributed by atoms with van der Waals surface area (Å²) in [6.07, 6.45) is 3.89. The van der Waals surface area contributed by atoms with Crippen LogP contribution in [0.2, 0.25) is 0 Å². The van der Waals surface area contributed by atoms with Gasteiger partial charge in [-0.1, -0.05) is 6.07 Å². The molecule has 4 rings (SSSR count). The van der Waals surface area contributed by atoms with Crippen molar-refractivity contribution in [1.29, 1.82) is 0 Å². The SMILES string of the molecule is O=[N+]([O-])c1ccc(F)cc1N1CCCC(CN2CCN(c3ccccn3)CC2)C1. The van der Waals surface area contributed by atoms with Crippen LogP contribution < -0.4 is 9.80 Å². The predicted octanol–water partition coefficient (Wildman–Crippen LogP) is 3.17. The van der Waals surface area contributed by atoms with Crippen LogP contribution in [0.3, 0.4) is 0 Å². The molecule has 29 heavy (non-hydrogen) atoms. The fourth-order valence-corrected chi connectivity index (χ4v) is 4.40. The zero-order chi connectivity index (χ0) is 20.2. The summed E-state index contributed by atoms with van der Waals surface area (Å²) in [5.74, 6) is 1.01. The van der Waals surface area contributed by atoms with Crippen LogP contribution >= 0.6 is 0 Å². The number of nitrogens with zero attached hydrogens (tertiary/aromatic N) is 5. The molecule has 1 unspecified atom stereocenters. The molecule has 2 fully saturated rings. The number of benzene rings is 1. The van der Waals surface area contributed by atoms with Gasteiger partial charge in [-0.25, -0.2) is 9.37 Å². The maximum absolute atomic E-state index is 13.7. The number of aromatic nitrogens is 1. The average molecular weight is 399 g/mol. The van der Waals surface area contributed by atoms with E-state index in [9.17, 15) is 14.5 Å². The number of anilines is 2. The van der Waals surface area contributed by atoms with Crippen LogP contribution in [0.25, 0.3) is 0 Å². The first-order valence-corrected chi connectivity index (χ1v) is 10.2. The molecule has 1 aromatic carbocycles. The number of piperidine rings is 1. The van der Waals surface area contributed by atoms with Crippen molar-refractivity contribution in [1.82, 2.24) is 9.88 Å². The molecule has 0 aliphatic carbocycles. The summed E-state index contributed by atoms with van der Waals surface area (Å²) < 4.78 is 13.7. The second-order valence-corrected chi connectivity index (χ2v) is 7.82. The zero-order valence-corrected chi connectivity index (χ0v) is 16.4. The molecule has 1 aromatic heterocycles. The summed E-state index contributed by atoms with van der Waals surface area (Å²) in [4.78, 5) is 22.1. The maximum Gasteiger partial charge on any atom is 0.292 e. The highest BCUT2D eigenvalue weighted by Gasteiger charge is 2.28. The molecule has 3 heterocycles. The third-order valence-electron chi connectivity index (χ3n) is 5.86. The van der Waals surface area contributed by atoms with Gasteiger partial charge in [0.1, 0.15) is 17.3 Å². The van der Waals surface area contributed by atoms with Crippen LogP contribution in [0.5, 0.6) is 0 Å². The molecule has 7 nitrogen and oxygen atoms in total. The molecule has 0 bridgehead atoms. The molecule has 1 atom stereocenters. The van der Waals surface area contributed by atoms with E-state index in [0.717, 1.165) is 70.5 Å². The Hall–Kier alpha value is -2.74. The van der Waals surface area contributed by atoms with Crippen molar-refractivity contribution in [2.75, 3.05) is 55.6 Å². The van der Waals surface area contributed by atoms with Crippen molar-refractivity contribution < 1.29 is 9.31 Å². The van der Waals surface area contributed by atoms with E-state index >= 15 is 0 Å². The molecule has 0 saturated carbocycles. The topological polar surface area (TPSA) is 65.8 Å². The van der Waals surface area contributed by atoms with Crippen LogP contribution in [-0.4, -0.2) is 60.6 Å². The molecule has 0 N–H and O–H groups in total. The Balaban J connectivity index is 1.35. The molecule has 2 aromatic rings. The van der Waals surface area contributed by atoms with E-state index in [4.69, 9.17) is 0 Å². The van der Waals surface area contributed by atoms with Crippen molar-refractivity contribution in [3.8, 4) is 0 Å². The minimum atomic E-state index is -0.432. The number of pyridine rings is 1. The second-order valence-electron chi connectivity index (χ2n) is 7.82. The Bertz CT molecular complexity index is 842. The highest BCUT2D eigenvalue weighted by molar-refractivity contribution is 5.63. The number of nitro groups is 1. The fraction of sp³-hybridized carbons (Fsp3) is 0.476. The molecule has 0 spiro atoms. The van der Waals surface area contributed by atoms with Gasteiger partial charge in [0.25, 0.3) is 5.69 Å². The van der Waals surface area contributed by atoms with Gasteiger partial charge in [-0.15, -0.1) is 0 Å². The summed E-state index contributed by atoms with van der Waals surface area (Å²) in [5.41, 5.74) is 0.385. The number of hydrogen-bond donors (Lipinski definition) is 0. The van der Waals surface area contributed by atoms with Gasteiger partial charge in [-0.05, 0) is 37.0 Å². The van der Waals surface area contributed by atoms with Crippen LogP contribution in [0, 0.1) is 21.8 Å². The van der Waals surface area contributed by atoms with E-state index in [0.29, 0.717) is 11.6 Å². The Labute approximate surface area is 169 Å². The first kappa shape index (κ1) is 19.6.